The second-order valence-electron chi connectivity index (χ2n) is 7.10. The smallest absolute Gasteiger partial charge is 0.247 e. The van der Waals surface area contributed by atoms with Crippen molar-refractivity contribution in [2.24, 2.45) is 0 Å². The third kappa shape index (κ3) is 4.28. The van der Waals surface area contributed by atoms with Crippen molar-refractivity contribution in [1.29, 1.82) is 0 Å². The van der Waals surface area contributed by atoms with Crippen molar-refractivity contribution >= 4 is 33.4 Å². The van der Waals surface area contributed by atoms with Gasteiger partial charge in [0, 0.05) is 15.7 Å². The minimum atomic E-state index is -0.535. The third-order valence-corrected chi connectivity index (χ3v) is 6.04. The van der Waals surface area contributed by atoms with Gasteiger partial charge in [0.15, 0.2) is 5.69 Å². The molecule has 1 N–H and O–H groups in total. The molecule has 32 heavy (non-hydrogen) atoms. The van der Waals surface area contributed by atoms with Crippen LogP contribution in [0, 0.1) is 0 Å². The molecule has 0 radical (unpaired) electrons. The Labute approximate surface area is 198 Å². The van der Waals surface area contributed by atoms with Crippen molar-refractivity contribution in [3.05, 3.63) is 88.4 Å². The van der Waals surface area contributed by atoms with E-state index in [1.165, 1.54) is 11.8 Å². The highest BCUT2D eigenvalue weighted by Gasteiger charge is 2.28. The average Bonchev–Trinajstić information content (AvgIpc) is 3.00. The van der Waals surface area contributed by atoms with Crippen LogP contribution in [0.3, 0.4) is 0 Å². The van der Waals surface area contributed by atoms with Gasteiger partial charge < -0.3 is 14.8 Å². The number of halogens is 1. The van der Waals surface area contributed by atoms with Crippen LogP contribution in [-0.2, 0) is 6.61 Å². The van der Waals surface area contributed by atoms with E-state index in [9.17, 15) is 0 Å². The van der Waals surface area contributed by atoms with Gasteiger partial charge in [-0.05, 0) is 36.1 Å². The summed E-state index contributed by atoms with van der Waals surface area (Å²) < 4.78 is 13.5. The summed E-state index contributed by atoms with van der Waals surface area (Å²) in [7, 11) is 0. The Morgan fingerprint density at radius 2 is 1.84 bits per heavy atom. The van der Waals surface area contributed by atoms with E-state index >= 15 is 0 Å². The molecule has 1 aromatic heterocycles. The van der Waals surface area contributed by atoms with Crippen molar-refractivity contribution in [3.63, 3.8) is 0 Å². The van der Waals surface area contributed by atoms with Crippen molar-refractivity contribution < 1.29 is 9.47 Å². The number of benzene rings is 3. The summed E-state index contributed by atoms with van der Waals surface area (Å²) in [5.41, 5.74) is 4.32. The molecule has 0 unspecified atom stereocenters. The maximum absolute atomic E-state index is 6.38. The quantitative estimate of drug-likeness (QED) is 0.327. The molecule has 2 heterocycles. The van der Waals surface area contributed by atoms with Gasteiger partial charge in [0.05, 0.1) is 5.56 Å². The lowest BCUT2D eigenvalue weighted by molar-refractivity contribution is 0.214. The molecule has 6 nitrogen and oxygen atoms in total. The first-order valence-corrected chi connectivity index (χ1v) is 12.0. The van der Waals surface area contributed by atoms with Crippen LogP contribution in [0.25, 0.3) is 11.3 Å². The van der Waals surface area contributed by atoms with Gasteiger partial charge in [-0.25, -0.2) is 0 Å². The fourth-order valence-corrected chi connectivity index (χ4v) is 4.14. The maximum Gasteiger partial charge on any atom is 0.247 e. The van der Waals surface area contributed by atoms with Crippen molar-refractivity contribution in [2.75, 3.05) is 11.6 Å². The molecule has 0 aliphatic carbocycles. The van der Waals surface area contributed by atoms with E-state index in [4.69, 9.17) is 9.47 Å². The number of nitrogens with zero attached hydrogens (tertiary/aromatic N) is 3. The van der Waals surface area contributed by atoms with Crippen LogP contribution in [-0.4, -0.2) is 21.4 Å². The van der Waals surface area contributed by atoms with Crippen LogP contribution >= 0.6 is 27.7 Å². The van der Waals surface area contributed by atoms with Gasteiger partial charge >= 0.3 is 0 Å². The molecule has 8 heteroatoms. The predicted molar refractivity (Wildman–Crippen MR) is 129 cm³/mol. The molecule has 1 atom stereocenters. The molecule has 0 saturated heterocycles. The van der Waals surface area contributed by atoms with Crippen LogP contribution in [0.2, 0.25) is 0 Å². The number of nitrogens with one attached hydrogen (secondary N) is 1. The monoisotopic (exact) mass is 506 g/mol. The lowest BCUT2D eigenvalue weighted by Gasteiger charge is -2.22. The first-order valence-electron chi connectivity index (χ1n) is 9.99. The van der Waals surface area contributed by atoms with Crippen LogP contribution in [0.1, 0.15) is 17.4 Å². The van der Waals surface area contributed by atoms with Gasteiger partial charge in [-0.3, -0.25) is 0 Å². The summed E-state index contributed by atoms with van der Waals surface area (Å²) in [5, 5.41) is 12.6. The van der Waals surface area contributed by atoms with E-state index in [2.05, 4.69) is 36.4 Å². The van der Waals surface area contributed by atoms with E-state index in [-0.39, 0.29) is 0 Å². The molecule has 0 fully saturated rings. The SMILES string of the molecule is CSc1nnc2c(n1)O[C@@H](c1cc(Br)ccc1OCc1ccccc1)Nc1ccccc1-2. The Kier molecular flexibility index (Phi) is 5.96. The molecule has 1 aliphatic rings. The molecular formula is C24H19BrN4O2S. The Bertz CT molecular complexity index is 1260. The van der Waals surface area contributed by atoms with Crippen LogP contribution < -0.4 is 14.8 Å². The second kappa shape index (κ2) is 9.18. The van der Waals surface area contributed by atoms with Crippen molar-refractivity contribution in [1.82, 2.24) is 15.2 Å². The highest BCUT2D eigenvalue weighted by molar-refractivity contribution is 9.10. The highest BCUT2D eigenvalue weighted by Crippen LogP contribution is 2.41. The number of fused-ring (bicyclic) bond motifs is 3. The van der Waals surface area contributed by atoms with Crippen LogP contribution in [0.5, 0.6) is 11.6 Å². The minimum Gasteiger partial charge on any atom is -0.488 e. The summed E-state index contributed by atoms with van der Waals surface area (Å²) in [6.45, 7) is 0.454. The first-order chi connectivity index (χ1) is 15.7. The fraction of sp³-hybridized carbons (Fsp3) is 0.125. The topological polar surface area (TPSA) is 69.2 Å². The van der Waals surface area contributed by atoms with Gasteiger partial charge in [0.2, 0.25) is 17.3 Å². The Hall–Kier alpha value is -3.10. The molecule has 0 bridgehead atoms. The molecule has 0 saturated carbocycles. The summed E-state index contributed by atoms with van der Waals surface area (Å²) in [6, 6.07) is 23.9. The van der Waals surface area contributed by atoms with E-state index in [0.717, 1.165) is 32.6 Å². The molecule has 0 amide bonds. The molecule has 3 aromatic carbocycles. The van der Waals surface area contributed by atoms with Gasteiger partial charge in [-0.15, -0.1) is 10.2 Å². The zero-order chi connectivity index (χ0) is 21.9. The number of hydrogen-bond donors (Lipinski definition) is 1. The largest absolute Gasteiger partial charge is 0.488 e. The number of aromatic nitrogens is 3. The first kappa shape index (κ1) is 20.8. The molecular weight excluding hydrogens is 488 g/mol. The average molecular weight is 507 g/mol. The third-order valence-electron chi connectivity index (χ3n) is 5.01. The Balaban J connectivity index is 1.55. The molecule has 4 aromatic rings. The number of thioether (sulfide) groups is 1. The van der Waals surface area contributed by atoms with Gasteiger partial charge in [0.1, 0.15) is 12.4 Å². The molecule has 5 rings (SSSR count). The Morgan fingerprint density at radius 1 is 1.03 bits per heavy atom. The number of anilines is 1. The van der Waals surface area contributed by atoms with Crippen LogP contribution in [0.4, 0.5) is 5.69 Å². The minimum absolute atomic E-state index is 0.431. The van der Waals surface area contributed by atoms with Gasteiger partial charge in [-0.2, -0.15) is 4.98 Å². The number of hydrogen-bond acceptors (Lipinski definition) is 7. The van der Waals surface area contributed by atoms with Gasteiger partial charge in [0.25, 0.3) is 0 Å². The zero-order valence-electron chi connectivity index (χ0n) is 17.2. The summed E-state index contributed by atoms with van der Waals surface area (Å²) in [5.74, 6) is 1.16. The normalized spacial score (nSPS) is 14.4. The number of rotatable bonds is 5. The maximum atomic E-state index is 6.38. The van der Waals surface area contributed by atoms with E-state index in [0.29, 0.717) is 23.3 Å². The summed E-state index contributed by atoms with van der Waals surface area (Å²) in [4.78, 5) is 4.59. The second-order valence-corrected chi connectivity index (χ2v) is 8.79. The summed E-state index contributed by atoms with van der Waals surface area (Å²) >= 11 is 5.01. The molecule has 0 spiro atoms. The lowest BCUT2D eigenvalue weighted by atomic mass is 10.1. The number of ether oxygens (including phenoxy) is 2. The van der Waals surface area contributed by atoms with Gasteiger partial charge in [-0.1, -0.05) is 76.2 Å². The molecule has 1 aliphatic heterocycles. The predicted octanol–water partition coefficient (Wildman–Crippen LogP) is 6.11. The van der Waals surface area contributed by atoms with E-state index in [1.807, 2.05) is 79.1 Å². The number of para-hydroxylation sites is 1. The Morgan fingerprint density at radius 3 is 2.69 bits per heavy atom. The van der Waals surface area contributed by atoms with Crippen molar-refractivity contribution in [2.45, 2.75) is 18.0 Å². The lowest BCUT2D eigenvalue weighted by Crippen LogP contribution is -2.18. The van der Waals surface area contributed by atoms with E-state index < -0.39 is 6.23 Å². The fourth-order valence-electron chi connectivity index (χ4n) is 3.47. The van der Waals surface area contributed by atoms with Crippen molar-refractivity contribution in [3.8, 4) is 22.9 Å². The standard InChI is InChI=1S/C24H19BrN4O2S/c1-32-24-27-23-21(28-29-24)17-9-5-6-10-19(17)26-22(31-23)18-13-16(25)11-12-20(18)30-14-15-7-3-2-4-8-15/h2-13,22,26H,14H2,1H3/t22-/m0/s1. The zero-order valence-corrected chi connectivity index (χ0v) is 19.6. The summed E-state index contributed by atoms with van der Waals surface area (Å²) in [6.07, 6.45) is 1.38. The molecule has 160 valence electrons. The van der Waals surface area contributed by atoms with Crippen LogP contribution in [0.15, 0.2) is 82.4 Å². The highest BCUT2D eigenvalue weighted by atomic mass is 79.9. The van der Waals surface area contributed by atoms with E-state index in [1.54, 1.807) is 0 Å².